The highest BCUT2D eigenvalue weighted by molar-refractivity contribution is 6.34. The van der Waals surface area contributed by atoms with Gasteiger partial charge < -0.3 is 9.47 Å². The molecule has 0 N–H and O–H groups in total. The number of esters is 1. The molecule has 0 radical (unpaired) electrons. The molecular formula is C21H17ClF6O3. The Hall–Kier alpha value is -2.42. The first-order valence-electron chi connectivity index (χ1n) is 9.36. The molecule has 0 atom stereocenters. The van der Waals surface area contributed by atoms with Crippen molar-refractivity contribution in [3.63, 3.8) is 0 Å². The second-order valence-corrected chi connectivity index (χ2v) is 7.57. The van der Waals surface area contributed by atoms with E-state index >= 15 is 0 Å². The van der Waals surface area contributed by atoms with Crippen molar-refractivity contribution >= 4 is 17.6 Å². The topological polar surface area (TPSA) is 35.5 Å². The highest BCUT2D eigenvalue weighted by Gasteiger charge is 2.32. The molecule has 1 fully saturated rings. The molecule has 3 rings (SSSR count). The van der Waals surface area contributed by atoms with Gasteiger partial charge in [-0.05, 0) is 30.5 Å². The molecule has 0 amide bonds. The normalized spacial score (nSPS) is 15.2. The summed E-state index contributed by atoms with van der Waals surface area (Å²) in [4.78, 5) is 12.2. The highest BCUT2D eigenvalue weighted by Crippen LogP contribution is 2.42. The van der Waals surface area contributed by atoms with Crippen LogP contribution in [0.3, 0.4) is 0 Å². The molecule has 0 aliphatic heterocycles. The van der Waals surface area contributed by atoms with E-state index in [-0.39, 0.29) is 33.6 Å². The fourth-order valence-electron chi connectivity index (χ4n) is 3.36. The van der Waals surface area contributed by atoms with Crippen molar-refractivity contribution in [2.75, 3.05) is 6.61 Å². The summed E-state index contributed by atoms with van der Waals surface area (Å²) in [6, 6.07) is 6.03. The molecule has 2 aromatic carbocycles. The first kappa shape index (κ1) is 23.2. The Labute approximate surface area is 178 Å². The van der Waals surface area contributed by atoms with Crippen LogP contribution in [0.25, 0.3) is 11.1 Å². The molecule has 1 aliphatic rings. The molecule has 10 heteroatoms. The van der Waals surface area contributed by atoms with Gasteiger partial charge in [0, 0.05) is 17.7 Å². The summed E-state index contributed by atoms with van der Waals surface area (Å²) in [5.74, 6) is -1.28. The van der Waals surface area contributed by atoms with Gasteiger partial charge in [-0.25, -0.2) is 0 Å². The van der Waals surface area contributed by atoms with Crippen LogP contribution in [0.2, 0.25) is 5.02 Å². The van der Waals surface area contributed by atoms with Gasteiger partial charge in [0.05, 0.1) is 16.5 Å². The molecular weight excluding hydrogens is 450 g/mol. The van der Waals surface area contributed by atoms with Crippen LogP contribution in [0.1, 0.15) is 31.2 Å². The number of alkyl halides is 6. The lowest BCUT2D eigenvalue weighted by molar-refractivity contribution is -0.153. The Morgan fingerprint density at radius 3 is 2.16 bits per heavy atom. The first-order valence-corrected chi connectivity index (χ1v) is 9.74. The first-order chi connectivity index (χ1) is 14.4. The van der Waals surface area contributed by atoms with Crippen molar-refractivity contribution in [2.45, 2.75) is 38.0 Å². The SMILES string of the molecule is O=C(Oc1cc(Cl)c(-c2ccc(C(F)(F)F)cc2)c(OCC(F)(F)F)c1)C1CCCC1. The molecule has 0 heterocycles. The van der Waals surface area contributed by atoms with Crippen LogP contribution < -0.4 is 9.47 Å². The number of rotatable bonds is 5. The number of hydrogen-bond acceptors (Lipinski definition) is 3. The second-order valence-electron chi connectivity index (χ2n) is 7.16. The summed E-state index contributed by atoms with van der Waals surface area (Å²) in [5.41, 5.74) is -0.851. The smallest absolute Gasteiger partial charge is 0.422 e. The fraction of sp³-hybridized carbons (Fsp3) is 0.381. The number of ether oxygens (including phenoxy) is 2. The summed E-state index contributed by atoms with van der Waals surface area (Å²) in [6.45, 7) is -1.66. The van der Waals surface area contributed by atoms with Gasteiger partial charge >= 0.3 is 18.3 Å². The lowest BCUT2D eigenvalue weighted by Crippen LogP contribution is -2.20. The molecule has 3 nitrogen and oxygen atoms in total. The Morgan fingerprint density at radius 1 is 1.00 bits per heavy atom. The average Bonchev–Trinajstić information content (AvgIpc) is 3.20. The van der Waals surface area contributed by atoms with Crippen LogP contribution in [-0.2, 0) is 11.0 Å². The van der Waals surface area contributed by atoms with Gasteiger partial charge in [-0.15, -0.1) is 0 Å². The lowest BCUT2D eigenvalue weighted by Gasteiger charge is -2.17. The third-order valence-corrected chi connectivity index (χ3v) is 5.12. The molecule has 31 heavy (non-hydrogen) atoms. The largest absolute Gasteiger partial charge is 0.483 e. The van der Waals surface area contributed by atoms with Gasteiger partial charge in [0.1, 0.15) is 11.5 Å². The molecule has 2 aromatic rings. The van der Waals surface area contributed by atoms with Crippen LogP contribution in [-0.4, -0.2) is 18.8 Å². The van der Waals surface area contributed by atoms with Gasteiger partial charge in [-0.1, -0.05) is 36.6 Å². The molecule has 0 spiro atoms. The van der Waals surface area contributed by atoms with Gasteiger partial charge in [-0.2, -0.15) is 26.3 Å². The van der Waals surface area contributed by atoms with Crippen LogP contribution in [0.4, 0.5) is 26.3 Å². The van der Waals surface area contributed by atoms with Crippen molar-refractivity contribution in [3.05, 3.63) is 47.0 Å². The highest BCUT2D eigenvalue weighted by atomic mass is 35.5. The van der Waals surface area contributed by atoms with E-state index in [0.29, 0.717) is 12.8 Å². The minimum absolute atomic E-state index is 0.0414. The van der Waals surface area contributed by atoms with E-state index in [9.17, 15) is 31.1 Å². The van der Waals surface area contributed by atoms with E-state index in [0.717, 1.165) is 43.2 Å². The maximum Gasteiger partial charge on any atom is 0.422 e. The number of benzene rings is 2. The zero-order chi connectivity index (χ0) is 22.8. The summed E-state index contributed by atoms with van der Waals surface area (Å²) < 4.78 is 86.7. The number of halogens is 7. The van der Waals surface area contributed by atoms with Gasteiger partial charge in [-0.3, -0.25) is 4.79 Å². The van der Waals surface area contributed by atoms with E-state index in [4.69, 9.17) is 21.1 Å². The van der Waals surface area contributed by atoms with Crippen molar-refractivity contribution in [3.8, 4) is 22.6 Å². The molecule has 0 aromatic heterocycles. The van der Waals surface area contributed by atoms with Gasteiger partial charge in [0.25, 0.3) is 0 Å². The van der Waals surface area contributed by atoms with E-state index < -0.39 is 30.5 Å². The maximum absolute atomic E-state index is 12.8. The van der Waals surface area contributed by atoms with Gasteiger partial charge in [0.2, 0.25) is 0 Å². The van der Waals surface area contributed by atoms with Crippen molar-refractivity contribution < 1.29 is 40.6 Å². The molecule has 168 valence electrons. The lowest BCUT2D eigenvalue weighted by atomic mass is 10.0. The predicted molar refractivity (Wildman–Crippen MR) is 101 cm³/mol. The predicted octanol–water partition coefficient (Wildman–Crippen LogP) is 7.06. The standard InChI is InChI=1S/C21H17ClF6O3/c22-16-9-15(31-19(29)13-3-1-2-4-13)10-17(30-11-20(23,24)25)18(16)12-5-7-14(8-6-12)21(26,27)28/h5-10,13H,1-4,11H2. The van der Waals surface area contributed by atoms with E-state index in [1.165, 1.54) is 6.07 Å². The number of hydrogen-bond donors (Lipinski definition) is 0. The zero-order valence-electron chi connectivity index (χ0n) is 15.9. The van der Waals surface area contributed by atoms with Crippen LogP contribution in [0.5, 0.6) is 11.5 Å². The number of carbonyl (C=O) groups excluding carboxylic acids is 1. The third kappa shape index (κ3) is 6.06. The Morgan fingerprint density at radius 2 is 1.61 bits per heavy atom. The Bertz CT molecular complexity index is 932. The van der Waals surface area contributed by atoms with Crippen molar-refractivity contribution in [1.82, 2.24) is 0 Å². The van der Waals surface area contributed by atoms with Crippen LogP contribution in [0, 0.1) is 5.92 Å². The van der Waals surface area contributed by atoms with E-state index in [1.54, 1.807) is 0 Å². The quantitative estimate of drug-likeness (QED) is 0.269. The molecule has 1 saturated carbocycles. The van der Waals surface area contributed by atoms with Crippen LogP contribution >= 0.6 is 11.6 Å². The van der Waals surface area contributed by atoms with Crippen molar-refractivity contribution in [2.24, 2.45) is 5.92 Å². The Balaban J connectivity index is 1.95. The summed E-state index contributed by atoms with van der Waals surface area (Å²) in [5, 5.41) is -0.131. The molecule has 0 unspecified atom stereocenters. The van der Waals surface area contributed by atoms with Crippen LogP contribution in [0.15, 0.2) is 36.4 Å². The van der Waals surface area contributed by atoms with E-state index in [2.05, 4.69) is 0 Å². The number of carbonyl (C=O) groups is 1. The van der Waals surface area contributed by atoms with Gasteiger partial charge in [0.15, 0.2) is 6.61 Å². The maximum atomic E-state index is 12.8. The molecule has 0 bridgehead atoms. The minimum Gasteiger partial charge on any atom is -0.483 e. The monoisotopic (exact) mass is 466 g/mol. The molecule has 0 saturated heterocycles. The second kappa shape index (κ2) is 8.98. The molecule has 1 aliphatic carbocycles. The van der Waals surface area contributed by atoms with E-state index in [1.807, 2.05) is 0 Å². The zero-order valence-corrected chi connectivity index (χ0v) is 16.7. The summed E-state index contributed by atoms with van der Waals surface area (Å²) in [7, 11) is 0. The summed E-state index contributed by atoms with van der Waals surface area (Å²) >= 11 is 6.22. The Kier molecular flexibility index (Phi) is 6.73. The fourth-order valence-corrected chi connectivity index (χ4v) is 3.67. The van der Waals surface area contributed by atoms with Crippen molar-refractivity contribution in [1.29, 1.82) is 0 Å². The third-order valence-electron chi connectivity index (χ3n) is 4.83. The summed E-state index contributed by atoms with van der Waals surface area (Å²) in [6.07, 6.45) is -6.15. The minimum atomic E-state index is -4.67. The average molecular weight is 467 g/mol.